The zero-order chi connectivity index (χ0) is 13.1. The summed E-state index contributed by atoms with van der Waals surface area (Å²) in [5.74, 6) is -1.87. The maximum atomic E-state index is 13.1. The van der Waals surface area contributed by atoms with Gasteiger partial charge in [0.25, 0.3) is 0 Å². The summed E-state index contributed by atoms with van der Waals surface area (Å²) in [6.07, 6.45) is 1.80. The number of carbonyl (C=O) groups excluding carboxylic acids is 1. The molecule has 3 nitrogen and oxygen atoms in total. The van der Waals surface area contributed by atoms with E-state index >= 15 is 0 Å². The van der Waals surface area contributed by atoms with Gasteiger partial charge in [0.2, 0.25) is 5.91 Å². The Labute approximate surface area is 117 Å². The smallest absolute Gasteiger partial charge is 0.237 e. The van der Waals surface area contributed by atoms with Gasteiger partial charge in [-0.25, -0.2) is 8.78 Å². The highest BCUT2D eigenvalue weighted by Crippen LogP contribution is 2.16. The predicted molar refractivity (Wildman–Crippen MR) is 71.2 cm³/mol. The average molecular weight is 291 g/mol. The van der Waals surface area contributed by atoms with E-state index in [9.17, 15) is 13.6 Å². The molecule has 1 heterocycles. The van der Waals surface area contributed by atoms with E-state index in [1.165, 1.54) is 6.07 Å². The highest BCUT2D eigenvalue weighted by molar-refractivity contribution is 5.85. The predicted octanol–water partition coefficient (Wildman–Crippen LogP) is 2.32. The van der Waals surface area contributed by atoms with Gasteiger partial charge in [0.15, 0.2) is 11.6 Å². The maximum Gasteiger partial charge on any atom is 0.237 e. The second-order valence-electron chi connectivity index (χ2n) is 4.55. The van der Waals surface area contributed by atoms with Gasteiger partial charge in [-0.2, -0.15) is 0 Å². The molecule has 0 bridgehead atoms. The van der Waals surface area contributed by atoms with Crippen molar-refractivity contribution in [2.75, 3.05) is 6.54 Å². The molecular formula is C13H17ClF2N2O. The van der Waals surface area contributed by atoms with Gasteiger partial charge in [0.1, 0.15) is 0 Å². The molecule has 19 heavy (non-hydrogen) atoms. The molecule has 0 aromatic heterocycles. The van der Waals surface area contributed by atoms with Crippen LogP contribution in [0.15, 0.2) is 18.2 Å². The van der Waals surface area contributed by atoms with E-state index in [2.05, 4.69) is 10.6 Å². The molecule has 2 N–H and O–H groups in total. The fourth-order valence-corrected chi connectivity index (χ4v) is 2.09. The summed E-state index contributed by atoms with van der Waals surface area (Å²) in [5.41, 5.74) is 0.556. The fourth-order valence-electron chi connectivity index (χ4n) is 2.09. The molecule has 0 saturated carbocycles. The molecule has 1 aromatic rings. The van der Waals surface area contributed by atoms with E-state index in [0.717, 1.165) is 31.5 Å². The molecule has 0 radical (unpaired) electrons. The molecule has 2 atom stereocenters. The van der Waals surface area contributed by atoms with Gasteiger partial charge in [-0.3, -0.25) is 4.79 Å². The van der Waals surface area contributed by atoms with Crippen LogP contribution in [0.2, 0.25) is 0 Å². The van der Waals surface area contributed by atoms with E-state index < -0.39 is 11.6 Å². The van der Waals surface area contributed by atoms with Crippen LogP contribution in [0.3, 0.4) is 0 Å². The monoisotopic (exact) mass is 290 g/mol. The van der Waals surface area contributed by atoms with Gasteiger partial charge < -0.3 is 10.6 Å². The zero-order valence-corrected chi connectivity index (χ0v) is 11.4. The SMILES string of the molecule is CC(NC(=O)[C@@H]1CCCN1)c1ccc(F)c(F)c1.Cl. The van der Waals surface area contributed by atoms with Crippen LogP contribution < -0.4 is 10.6 Å². The molecule has 0 spiro atoms. The second kappa shape index (κ2) is 6.82. The number of hydrogen-bond donors (Lipinski definition) is 2. The van der Waals surface area contributed by atoms with Crippen molar-refractivity contribution in [1.82, 2.24) is 10.6 Å². The van der Waals surface area contributed by atoms with Crippen LogP contribution in [-0.4, -0.2) is 18.5 Å². The first-order valence-electron chi connectivity index (χ1n) is 6.06. The fraction of sp³-hybridized carbons (Fsp3) is 0.462. The summed E-state index contributed by atoms with van der Waals surface area (Å²) in [6, 6.07) is 3.15. The van der Waals surface area contributed by atoms with Crippen molar-refractivity contribution < 1.29 is 13.6 Å². The molecule has 106 valence electrons. The largest absolute Gasteiger partial charge is 0.348 e. The van der Waals surface area contributed by atoms with Crippen molar-refractivity contribution in [2.24, 2.45) is 0 Å². The number of carbonyl (C=O) groups is 1. The lowest BCUT2D eigenvalue weighted by Crippen LogP contribution is -2.41. The Morgan fingerprint density at radius 1 is 1.42 bits per heavy atom. The van der Waals surface area contributed by atoms with E-state index in [-0.39, 0.29) is 30.4 Å². The van der Waals surface area contributed by atoms with Crippen molar-refractivity contribution in [3.63, 3.8) is 0 Å². The molecule has 1 fully saturated rings. The summed E-state index contributed by atoms with van der Waals surface area (Å²) in [4.78, 5) is 11.8. The maximum absolute atomic E-state index is 13.1. The Balaban J connectivity index is 0.00000180. The van der Waals surface area contributed by atoms with Gasteiger partial charge in [-0.05, 0) is 44.0 Å². The molecule has 1 aromatic carbocycles. The van der Waals surface area contributed by atoms with Gasteiger partial charge >= 0.3 is 0 Å². The van der Waals surface area contributed by atoms with Crippen molar-refractivity contribution >= 4 is 18.3 Å². The van der Waals surface area contributed by atoms with Crippen LogP contribution in [0.5, 0.6) is 0 Å². The minimum Gasteiger partial charge on any atom is -0.348 e. The zero-order valence-electron chi connectivity index (χ0n) is 10.6. The minimum atomic E-state index is -0.896. The Hall–Kier alpha value is -1.20. The van der Waals surface area contributed by atoms with Crippen LogP contribution in [0, 0.1) is 11.6 Å². The molecule has 1 saturated heterocycles. The lowest BCUT2D eigenvalue weighted by Gasteiger charge is -2.17. The summed E-state index contributed by atoms with van der Waals surface area (Å²) in [5, 5.41) is 5.88. The topological polar surface area (TPSA) is 41.1 Å². The number of benzene rings is 1. The molecule has 1 aliphatic heterocycles. The molecule has 2 rings (SSSR count). The first kappa shape index (κ1) is 15.9. The molecule has 6 heteroatoms. The molecule has 1 amide bonds. The second-order valence-corrected chi connectivity index (χ2v) is 4.55. The van der Waals surface area contributed by atoms with E-state index in [1.807, 2.05) is 0 Å². The molecule has 0 aliphatic carbocycles. The first-order chi connectivity index (χ1) is 8.58. The average Bonchev–Trinajstić information content (AvgIpc) is 2.86. The first-order valence-corrected chi connectivity index (χ1v) is 6.06. The van der Waals surface area contributed by atoms with Crippen molar-refractivity contribution in [3.05, 3.63) is 35.4 Å². The highest BCUT2D eigenvalue weighted by Gasteiger charge is 2.23. The standard InChI is InChI=1S/C13H16F2N2O.ClH/c1-8(9-4-5-10(14)11(15)7-9)17-13(18)12-3-2-6-16-12;/h4-5,7-8,12,16H,2-3,6H2,1H3,(H,17,18);1H/t8?,12-;/m0./s1. The van der Waals surface area contributed by atoms with Crippen LogP contribution in [0.4, 0.5) is 8.78 Å². The number of rotatable bonds is 3. The Morgan fingerprint density at radius 3 is 2.74 bits per heavy atom. The van der Waals surface area contributed by atoms with Crippen LogP contribution in [0.1, 0.15) is 31.4 Å². The summed E-state index contributed by atoms with van der Waals surface area (Å²) in [6.45, 7) is 2.59. The number of nitrogens with one attached hydrogen (secondary N) is 2. The summed E-state index contributed by atoms with van der Waals surface area (Å²) in [7, 11) is 0. The molecular weight excluding hydrogens is 274 g/mol. The lowest BCUT2D eigenvalue weighted by atomic mass is 10.1. The Morgan fingerprint density at radius 2 is 2.16 bits per heavy atom. The van der Waals surface area contributed by atoms with Crippen LogP contribution in [-0.2, 0) is 4.79 Å². The van der Waals surface area contributed by atoms with Crippen molar-refractivity contribution in [2.45, 2.75) is 31.8 Å². The quantitative estimate of drug-likeness (QED) is 0.897. The highest BCUT2D eigenvalue weighted by atomic mass is 35.5. The van der Waals surface area contributed by atoms with Gasteiger partial charge in [0, 0.05) is 0 Å². The van der Waals surface area contributed by atoms with Crippen molar-refractivity contribution in [3.8, 4) is 0 Å². The van der Waals surface area contributed by atoms with Crippen molar-refractivity contribution in [1.29, 1.82) is 0 Å². The van der Waals surface area contributed by atoms with Gasteiger partial charge in [-0.15, -0.1) is 12.4 Å². The van der Waals surface area contributed by atoms with Gasteiger partial charge in [-0.1, -0.05) is 6.07 Å². The van der Waals surface area contributed by atoms with Crippen LogP contribution >= 0.6 is 12.4 Å². The number of hydrogen-bond acceptors (Lipinski definition) is 2. The third-order valence-electron chi connectivity index (χ3n) is 3.18. The van der Waals surface area contributed by atoms with E-state index in [0.29, 0.717) is 5.56 Å². The van der Waals surface area contributed by atoms with E-state index in [1.54, 1.807) is 6.92 Å². The summed E-state index contributed by atoms with van der Waals surface area (Å²) < 4.78 is 25.9. The lowest BCUT2D eigenvalue weighted by molar-refractivity contribution is -0.123. The third kappa shape index (κ3) is 3.88. The molecule has 1 aliphatic rings. The Kier molecular flexibility index (Phi) is 5.69. The minimum absolute atomic E-state index is 0. The Bertz CT molecular complexity index is 450. The summed E-state index contributed by atoms with van der Waals surface area (Å²) >= 11 is 0. The number of amides is 1. The van der Waals surface area contributed by atoms with Gasteiger partial charge in [0.05, 0.1) is 12.1 Å². The normalized spacial score (nSPS) is 19.6. The third-order valence-corrected chi connectivity index (χ3v) is 3.18. The number of halogens is 3. The molecule has 1 unspecified atom stereocenters. The van der Waals surface area contributed by atoms with E-state index in [4.69, 9.17) is 0 Å². The van der Waals surface area contributed by atoms with Crippen LogP contribution in [0.25, 0.3) is 0 Å².